The highest BCUT2D eigenvalue weighted by Crippen LogP contribution is 2.25. The Morgan fingerprint density at radius 3 is 2.18 bits per heavy atom. The van der Waals surface area contributed by atoms with Crippen LogP contribution in [0.1, 0.15) is 50.7 Å². The molecule has 1 aliphatic rings. The van der Waals surface area contributed by atoms with Gasteiger partial charge in [-0.25, -0.2) is 8.42 Å². The second-order valence-corrected chi connectivity index (χ2v) is 10.6. The molecule has 1 saturated heterocycles. The van der Waals surface area contributed by atoms with Crippen LogP contribution >= 0.6 is 0 Å². The summed E-state index contributed by atoms with van der Waals surface area (Å²) in [6.07, 6.45) is 5.33. The molecule has 0 bridgehead atoms. The number of anilines is 1. The van der Waals surface area contributed by atoms with Crippen molar-refractivity contribution >= 4 is 21.6 Å². The summed E-state index contributed by atoms with van der Waals surface area (Å²) in [7, 11) is -3.68. The van der Waals surface area contributed by atoms with Gasteiger partial charge in [0.15, 0.2) is 0 Å². The molecule has 1 amide bonds. The maximum Gasteiger partial charge on any atom is 0.244 e. The minimum atomic E-state index is -3.68. The van der Waals surface area contributed by atoms with Gasteiger partial charge < -0.3 is 10.1 Å². The number of carbonyl (C=O) groups excluding carboxylic acids is 1. The highest BCUT2D eigenvalue weighted by atomic mass is 32.2. The molecular formula is C26H37N3O4S. The molecule has 0 aliphatic carbocycles. The van der Waals surface area contributed by atoms with E-state index in [1.165, 1.54) is 29.1 Å². The molecule has 186 valence electrons. The van der Waals surface area contributed by atoms with Gasteiger partial charge in [-0.1, -0.05) is 37.6 Å². The summed E-state index contributed by atoms with van der Waals surface area (Å²) in [6, 6.07) is 14.2. The molecule has 3 rings (SSSR count). The molecule has 2 aromatic rings. The largest absolute Gasteiger partial charge is 0.494 e. The highest BCUT2D eigenvalue weighted by Gasteiger charge is 2.31. The Bertz CT molecular complexity index is 1020. The molecular weight excluding hydrogens is 450 g/mol. The molecule has 1 fully saturated rings. The molecule has 2 aromatic carbocycles. The summed E-state index contributed by atoms with van der Waals surface area (Å²) >= 11 is 0. The van der Waals surface area contributed by atoms with E-state index in [1.54, 1.807) is 24.3 Å². The molecule has 0 radical (unpaired) electrons. The van der Waals surface area contributed by atoms with E-state index in [4.69, 9.17) is 4.74 Å². The van der Waals surface area contributed by atoms with Gasteiger partial charge in [-0.2, -0.15) is 0 Å². The fourth-order valence-electron chi connectivity index (χ4n) is 4.36. The molecule has 1 atom stereocenters. The first-order valence-electron chi connectivity index (χ1n) is 12.1. The highest BCUT2D eigenvalue weighted by molar-refractivity contribution is 7.92. The van der Waals surface area contributed by atoms with Crippen molar-refractivity contribution in [3.8, 4) is 5.75 Å². The van der Waals surface area contributed by atoms with Crippen molar-refractivity contribution in [3.05, 3.63) is 59.7 Å². The number of hydrogen-bond acceptors (Lipinski definition) is 5. The molecule has 1 heterocycles. The van der Waals surface area contributed by atoms with Gasteiger partial charge in [-0.15, -0.1) is 0 Å². The van der Waals surface area contributed by atoms with Crippen LogP contribution in [0.4, 0.5) is 5.69 Å². The van der Waals surface area contributed by atoms with Crippen molar-refractivity contribution in [1.82, 2.24) is 10.2 Å². The zero-order valence-corrected chi connectivity index (χ0v) is 21.3. The first-order chi connectivity index (χ1) is 16.3. The standard InChI is InChI=1S/C26H37N3O4S/c1-4-25(29(34(3,31)32)23-13-15-24(16-14-23)33-5-2)26(30)27-19-21-9-11-22(12-10-21)20-28-17-7-6-8-18-28/h9-16,25H,4-8,17-20H2,1-3H3,(H,27,30)/t25-/m1/s1. The molecule has 0 spiro atoms. The zero-order chi connectivity index (χ0) is 24.6. The molecule has 7 nitrogen and oxygen atoms in total. The Hall–Kier alpha value is -2.58. The second kappa shape index (κ2) is 12.2. The van der Waals surface area contributed by atoms with Gasteiger partial charge in [0.2, 0.25) is 15.9 Å². The van der Waals surface area contributed by atoms with Gasteiger partial charge in [0.25, 0.3) is 0 Å². The van der Waals surface area contributed by atoms with Crippen LogP contribution in [0, 0.1) is 0 Å². The van der Waals surface area contributed by atoms with Crippen molar-refractivity contribution in [1.29, 1.82) is 0 Å². The number of hydrogen-bond donors (Lipinski definition) is 1. The quantitative estimate of drug-likeness (QED) is 0.520. The van der Waals surface area contributed by atoms with Gasteiger partial charge in [0, 0.05) is 13.1 Å². The number of carbonyl (C=O) groups is 1. The third-order valence-electron chi connectivity index (χ3n) is 6.08. The molecule has 0 saturated carbocycles. The zero-order valence-electron chi connectivity index (χ0n) is 20.5. The number of nitrogens with one attached hydrogen (secondary N) is 1. The number of ether oxygens (including phenoxy) is 1. The minimum absolute atomic E-state index is 0.320. The lowest BCUT2D eigenvalue weighted by Crippen LogP contribution is -2.49. The number of nitrogens with zero attached hydrogens (tertiary/aromatic N) is 2. The van der Waals surface area contributed by atoms with Crippen molar-refractivity contribution < 1.29 is 17.9 Å². The summed E-state index contributed by atoms with van der Waals surface area (Å²) in [5.41, 5.74) is 2.69. The molecule has 0 unspecified atom stereocenters. The Balaban J connectivity index is 1.64. The fraction of sp³-hybridized carbons (Fsp3) is 0.500. The predicted molar refractivity (Wildman–Crippen MR) is 136 cm³/mol. The fourth-order valence-corrected chi connectivity index (χ4v) is 5.57. The van der Waals surface area contributed by atoms with Crippen LogP contribution in [0.25, 0.3) is 0 Å². The average Bonchev–Trinajstić information content (AvgIpc) is 2.82. The van der Waals surface area contributed by atoms with E-state index < -0.39 is 16.1 Å². The molecule has 1 N–H and O–H groups in total. The van der Waals surface area contributed by atoms with E-state index in [-0.39, 0.29) is 5.91 Å². The first kappa shape index (κ1) is 26.0. The molecule has 8 heteroatoms. The van der Waals surface area contributed by atoms with Crippen LogP contribution < -0.4 is 14.4 Å². The lowest BCUT2D eigenvalue weighted by Gasteiger charge is -2.30. The number of amides is 1. The maximum absolute atomic E-state index is 13.1. The summed E-state index contributed by atoms with van der Waals surface area (Å²) in [5.74, 6) is 0.333. The first-order valence-corrected chi connectivity index (χ1v) is 14.0. The van der Waals surface area contributed by atoms with Crippen molar-refractivity contribution in [2.75, 3.05) is 30.3 Å². The Morgan fingerprint density at radius 1 is 1.00 bits per heavy atom. The van der Waals surface area contributed by atoms with E-state index in [2.05, 4.69) is 22.3 Å². The van der Waals surface area contributed by atoms with E-state index >= 15 is 0 Å². The summed E-state index contributed by atoms with van der Waals surface area (Å²) in [6.45, 7) is 7.83. The van der Waals surface area contributed by atoms with Gasteiger partial charge in [-0.05, 0) is 74.7 Å². The smallest absolute Gasteiger partial charge is 0.244 e. The predicted octanol–water partition coefficient (Wildman–Crippen LogP) is 3.93. The van der Waals surface area contributed by atoms with Gasteiger partial charge in [0.05, 0.1) is 18.6 Å². The van der Waals surface area contributed by atoms with Gasteiger partial charge in [-0.3, -0.25) is 14.0 Å². The number of benzene rings is 2. The normalized spacial score (nSPS) is 15.5. The van der Waals surface area contributed by atoms with E-state index in [0.717, 1.165) is 31.5 Å². The van der Waals surface area contributed by atoms with Gasteiger partial charge in [0.1, 0.15) is 11.8 Å². The minimum Gasteiger partial charge on any atom is -0.494 e. The number of likely N-dealkylation sites (tertiary alicyclic amines) is 1. The van der Waals surface area contributed by atoms with Gasteiger partial charge >= 0.3 is 0 Å². The third-order valence-corrected chi connectivity index (χ3v) is 7.26. The lowest BCUT2D eigenvalue weighted by molar-refractivity contribution is -0.122. The van der Waals surface area contributed by atoms with Crippen LogP contribution in [0.15, 0.2) is 48.5 Å². The van der Waals surface area contributed by atoms with Crippen LogP contribution in [0.5, 0.6) is 5.75 Å². The van der Waals surface area contributed by atoms with Crippen LogP contribution in [0.3, 0.4) is 0 Å². The number of piperidine rings is 1. The lowest BCUT2D eigenvalue weighted by atomic mass is 10.1. The van der Waals surface area contributed by atoms with Crippen molar-refractivity contribution in [2.24, 2.45) is 0 Å². The second-order valence-electron chi connectivity index (χ2n) is 8.78. The van der Waals surface area contributed by atoms with Crippen LogP contribution in [-0.2, 0) is 27.9 Å². The number of rotatable bonds is 11. The van der Waals surface area contributed by atoms with E-state index in [0.29, 0.717) is 31.0 Å². The van der Waals surface area contributed by atoms with Crippen molar-refractivity contribution in [2.45, 2.75) is 58.7 Å². The molecule has 1 aliphatic heterocycles. The number of sulfonamides is 1. The topological polar surface area (TPSA) is 79.0 Å². The van der Waals surface area contributed by atoms with E-state index in [9.17, 15) is 13.2 Å². The van der Waals surface area contributed by atoms with E-state index in [1.807, 2.05) is 26.0 Å². The SMILES string of the molecule is CCOc1ccc(N([C@H](CC)C(=O)NCc2ccc(CN3CCCCC3)cc2)S(C)(=O)=O)cc1. The summed E-state index contributed by atoms with van der Waals surface area (Å²) < 4.78 is 31.9. The summed E-state index contributed by atoms with van der Waals surface area (Å²) in [4.78, 5) is 15.5. The maximum atomic E-state index is 13.1. The van der Waals surface area contributed by atoms with Crippen LogP contribution in [-0.4, -0.2) is 51.2 Å². The molecule has 0 aromatic heterocycles. The van der Waals surface area contributed by atoms with Crippen molar-refractivity contribution in [3.63, 3.8) is 0 Å². The molecule has 34 heavy (non-hydrogen) atoms. The Labute approximate surface area is 204 Å². The summed E-state index contributed by atoms with van der Waals surface area (Å²) in [5, 5.41) is 2.92. The Morgan fingerprint density at radius 2 is 1.62 bits per heavy atom. The third kappa shape index (κ3) is 7.21. The monoisotopic (exact) mass is 487 g/mol. The van der Waals surface area contributed by atoms with Crippen LogP contribution in [0.2, 0.25) is 0 Å². The Kier molecular flexibility index (Phi) is 9.36. The average molecular weight is 488 g/mol.